The number of rotatable bonds is 4. The minimum atomic E-state index is 0.0389. The van der Waals surface area contributed by atoms with Crippen LogP contribution in [-0.2, 0) is 9.53 Å². The van der Waals surface area contributed by atoms with Crippen LogP contribution in [0.25, 0.3) is 0 Å². The first-order valence-corrected chi connectivity index (χ1v) is 3.74. The molecule has 4 heteroatoms. The van der Waals surface area contributed by atoms with Crippen LogP contribution in [0.4, 0.5) is 0 Å². The summed E-state index contributed by atoms with van der Waals surface area (Å²) in [5, 5.41) is 2.51. The lowest BCUT2D eigenvalue weighted by molar-refractivity contribution is -0.118. The van der Waals surface area contributed by atoms with Crippen molar-refractivity contribution in [3.05, 3.63) is 0 Å². The van der Waals surface area contributed by atoms with Crippen molar-refractivity contribution in [2.24, 2.45) is 0 Å². The zero-order valence-electron chi connectivity index (χ0n) is 5.64. The van der Waals surface area contributed by atoms with Gasteiger partial charge in [-0.25, -0.2) is 0 Å². The summed E-state index contributed by atoms with van der Waals surface area (Å²) in [4.78, 5) is 10.5. The molecule has 3 nitrogen and oxygen atoms in total. The van der Waals surface area contributed by atoms with Gasteiger partial charge in [0.05, 0.1) is 11.7 Å². The van der Waals surface area contributed by atoms with Crippen molar-refractivity contribution in [3.63, 3.8) is 0 Å². The van der Waals surface area contributed by atoms with Gasteiger partial charge in [0.25, 0.3) is 0 Å². The fourth-order valence-electron chi connectivity index (χ4n) is 0.290. The van der Waals surface area contributed by atoms with Crippen LogP contribution in [0.15, 0.2) is 0 Å². The van der Waals surface area contributed by atoms with Crippen molar-refractivity contribution < 1.29 is 9.53 Å². The summed E-state index contributed by atoms with van der Waals surface area (Å²) in [5.41, 5.74) is 0. The Bertz CT molecular complexity index is 87.0. The largest absolute Gasteiger partial charge is 0.374 e. The zero-order chi connectivity index (χ0) is 7.11. The van der Waals surface area contributed by atoms with E-state index in [0.29, 0.717) is 11.7 Å². The molecule has 0 fully saturated rings. The summed E-state index contributed by atoms with van der Waals surface area (Å²) < 4.78 is 4.72. The van der Waals surface area contributed by atoms with Gasteiger partial charge in [-0.1, -0.05) is 0 Å². The minimum absolute atomic E-state index is 0.0389. The molecule has 0 saturated heterocycles. The van der Waals surface area contributed by atoms with E-state index in [1.807, 2.05) is 0 Å². The topological polar surface area (TPSA) is 38.3 Å². The third-order valence-corrected chi connectivity index (χ3v) is 1.58. The summed E-state index contributed by atoms with van der Waals surface area (Å²) in [6, 6.07) is 0. The zero-order valence-corrected chi connectivity index (χ0v) is 6.46. The second-order valence-corrected chi connectivity index (χ2v) is 2.36. The first-order chi connectivity index (χ1) is 4.31. The van der Waals surface area contributed by atoms with E-state index >= 15 is 0 Å². The van der Waals surface area contributed by atoms with Crippen molar-refractivity contribution >= 4 is 17.7 Å². The predicted molar refractivity (Wildman–Crippen MR) is 38.4 cm³/mol. The molecule has 0 radical (unpaired) electrons. The molecule has 0 saturated carbocycles. The Morgan fingerprint density at radius 2 is 2.44 bits per heavy atom. The molecule has 0 aromatic rings. The molecule has 0 atom stereocenters. The highest BCUT2D eigenvalue weighted by Crippen LogP contribution is 1.96. The van der Waals surface area contributed by atoms with Crippen LogP contribution in [0, 0.1) is 0 Å². The van der Waals surface area contributed by atoms with E-state index in [9.17, 15) is 4.79 Å². The van der Waals surface area contributed by atoms with Gasteiger partial charge < -0.3 is 10.1 Å². The summed E-state index contributed by atoms with van der Waals surface area (Å²) in [6.07, 6.45) is 0. The molecule has 1 N–H and O–H groups in total. The fourth-order valence-corrected chi connectivity index (χ4v) is 0.870. The third kappa shape index (κ3) is 5.65. The molecule has 0 aromatic heterocycles. The van der Waals surface area contributed by atoms with Gasteiger partial charge in [0.2, 0.25) is 5.91 Å². The average molecular weight is 149 g/mol. The molecule has 54 valence electrons. The standard InChI is InChI=1S/C5H11NO2S/c1-6-5(7)3-9-4-8-2/h3-4H2,1-2H3,(H,6,7). The van der Waals surface area contributed by atoms with Gasteiger partial charge in [-0.15, -0.1) is 11.8 Å². The molecule has 0 aliphatic heterocycles. The van der Waals surface area contributed by atoms with Gasteiger partial charge >= 0.3 is 0 Å². The number of methoxy groups -OCH3 is 1. The number of carbonyl (C=O) groups excluding carboxylic acids is 1. The molecule has 9 heavy (non-hydrogen) atoms. The Balaban J connectivity index is 2.97. The van der Waals surface area contributed by atoms with E-state index < -0.39 is 0 Å². The van der Waals surface area contributed by atoms with Crippen LogP contribution in [-0.4, -0.2) is 31.8 Å². The van der Waals surface area contributed by atoms with E-state index in [1.54, 1.807) is 14.2 Å². The van der Waals surface area contributed by atoms with E-state index in [1.165, 1.54) is 11.8 Å². The van der Waals surface area contributed by atoms with Crippen molar-refractivity contribution in [2.75, 3.05) is 25.8 Å². The van der Waals surface area contributed by atoms with Gasteiger partial charge in [0.1, 0.15) is 0 Å². The van der Waals surface area contributed by atoms with Gasteiger partial charge in [-0.2, -0.15) is 0 Å². The first kappa shape index (κ1) is 8.78. The van der Waals surface area contributed by atoms with Gasteiger partial charge in [0, 0.05) is 14.2 Å². The maximum Gasteiger partial charge on any atom is 0.229 e. The third-order valence-electron chi connectivity index (χ3n) is 0.713. The molecule has 0 aliphatic carbocycles. The maximum atomic E-state index is 10.5. The van der Waals surface area contributed by atoms with Crippen molar-refractivity contribution in [1.29, 1.82) is 0 Å². The van der Waals surface area contributed by atoms with E-state index in [0.717, 1.165) is 0 Å². The van der Waals surface area contributed by atoms with Crippen LogP contribution in [0.2, 0.25) is 0 Å². The SMILES string of the molecule is CNC(=O)CSCOC. The normalized spacial score (nSPS) is 9.11. The van der Waals surface area contributed by atoms with Crippen molar-refractivity contribution in [2.45, 2.75) is 0 Å². The van der Waals surface area contributed by atoms with Crippen molar-refractivity contribution in [3.8, 4) is 0 Å². The highest BCUT2D eigenvalue weighted by molar-refractivity contribution is 7.99. The molecular formula is C5H11NO2S. The van der Waals surface area contributed by atoms with Crippen LogP contribution in [0.3, 0.4) is 0 Å². The number of nitrogens with one attached hydrogen (secondary N) is 1. The molecule has 0 bridgehead atoms. The van der Waals surface area contributed by atoms with E-state index in [-0.39, 0.29) is 5.91 Å². The number of amides is 1. The number of thioether (sulfide) groups is 1. The summed E-state index contributed by atoms with van der Waals surface area (Å²) in [5.74, 6) is 1.09. The first-order valence-electron chi connectivity index (χ1n) is 2.58. The maximum absolute atomic E-state index is 10.5. The summed E-state index contributed by atoms with van der Waals surface area (Å²) in [7, 11) is 3.23. The Morgan fingerprint density at radius 3 is 2.89 bits per heavy atom. The fraction of sp³-hybridized carbons (Fsp3) is 0.800. The number of carbonyl (C=O) groups is 1. The summed E-state index contributed by atoms with van der Waals surface area (Å²) >= 11 is 1.45. The number of hydrogen-bond donors (Lipinski definition) is 1. The Morgan fingerprint density at radius 1 is 1.78 bits per heavy atom. The quantitative estimate of drug-likeness (QED) is 0.454. The van der Waals surface area contributed by atoms with Crippen LogP contribution in [0.1, 0.15) is 0 Å². The lowest BCUT2D eigenvalue weighted by Gasteiger charge is -1.97. The summed E-state index contributed by atoms with van der Waals surface area (Å²) in [6.45, 7) is 0. The van der Waals surface area contributed by atoms with E-state index in [4.69, 9.17) is 4.74 Å². The second-order valence-electron chi connectivity index (χ2n) is 1.43. The molecule has 0 heterocycles. The van der Waals surface area contributed by atoms with Crippen LogP contribution in [0.5, 0.6) is 0 Å². The number of hydrogen-bond acceptors (Lipinski definition) is 3. The molecule has 1 amide bonds. The monoisotopic (exact) mass is 149 g/mol. The van der Waals surface area contributed by atoms with Crippen LogP contribution < -0.4 is 5.32 Å². The highest BCUT2D eigenvalue weighted by atomic mass is 32.2. The predicted octanol–water partition coefficient (Wildman–Crippen LogP) is 0.0695. The average Bonchev–Trinajstić information content (AvgIpc) is 1.89. The van der Waals surface area contributed by atoms with E-state index in [2.05, 4.69) is 5.32 Å². The Kier molecular flexibility index (Phi) is 5.76. The van der Waals surface area contributed by atoms with Crippen LogP contribution >= 0.6 is 11.8 Å². The highest BCUT2D eigenvalue weighted by Gasteiger charge is 1.94. The Hall–Kier alpha value is -0.220. The molecular weight excluding hydrogens is 138 g/mol. The second kappa shape index (κ2) is 5.91. The van der Waals surface area contributed by atoms with Gasteiger partial charge in [-0.3, -0.25) is 4.79 Å². The molecule has 0 aromatic carbocycles. The Labute approximate surface area is 59.1 Å². The molecule has 0 unspecified atom stereocenters. The molecule has 0 rings (SSSR count). The van der Waals surface area contributed by atoms with Crippen molar-refractivity contribution in [1.82, 2.24) is 5.32 Å². The smallest absolute Gasteiger partial charge is 0.229 e. The lowest BCUT2D eigenvalue weighted by atomic mass is 10.7. The van der Waals surface area contributed by atoms with Gasteiger partial charge in [0.15, 0.2) is 0 Å². The molecule has 0 aliphatic rings. The van der Waals surface area contributed by atoms with Gasteiger partial charge in [-0.05, 0) is 0 Å². The molecule has 0 spiro atoms. The minimum Gasteiger partial charge on any atom is -0.374 e. The number of ether oxygens (including phenoxy) is 1. The lowest BCUT2D eigenvalue weighted by Crippen LogP contribution is -2.20.